The predicted molar refractivity (Wildman–Crippen MR) is 38.9 cm³/mol. The molecule has 0 aliphatic heterocycles. The number of rotatable bonds is 2. The molecular formula is C6H9NOS. The first kappa shape index (κ1) is 6.55. The maximum atomic E-state index is 10.8. The topological polar surface area (TPSA) is 22.0 Å². The molecule has 0 aliphatic rings. The Labute approximate surface area is 57.8 Å². The van der Waals surface area contributed by atoms with Crippen molar-refractivity contribution in [3.05, 3.63) is 21.2 Å². The Bertz CT molecular complexity index is 225. The molecule has 50 valence electrons. The molecule has 3 heteroatoms. The molecule has 2 nitrogen and oxygen atoms in total. The van der Waals surface area contributed by atoms with Crippen LogP contribution in [0.1, 0.15) is 13.3 Å². The van der Waals surface area contributed by atoms with Crippen LogP contribution >= 0.6 is 11.3 Å². The van der Waals surface area contributed by atoms with Gasteiger partial charge in [-0.15, -0.1) is 0 Å². The van der Waals surface area contributed by atoms with Crippen molar-refractivity contribution in [2.75, 3.05) is 0 Å². The van der Waals surface area contributed by atoms with E-state index in [4.69, 9.17) is 0 Å². The minimum atomic E-state index is 0.150. The van der Waals surface area contributed by atoms with Gasteiger partial charge in [-0.3, -0.25) is 4.79 Å². The van der Waals surface area contributed by atoms with Crippen LogP contribution in [0.3, 0.4) is 0 Å². The molecule has 0 aliphatic carbocycles. The number of hydrogen-bond acceptors (Lipinski definition) is 2. The maximum Gasteiger partial charge on any atom is 0.307 e. The van der Waals surface area contributed by atoms with Crippen molar-refractivity contribution >= 4 is 11.3 Å². The molecule has 0 radical (unpaired) electrons. The quantitative estimate of drug-likeness (QED) is 0.612. The monoisotopic (exact) mass is 143 g/mol. The van der Waals surface area contributed by atoms with E-state index in [2.05, 4.69) is 6.92 Å². The summed E-state index contributed by atoms with van der Waals surface area (Å²) in [5, 5.41) is 1.82. The third-order valence-corrected chi connectivity index (χ3v) is 1.80. The highest BCUT2D eigenvalue weighted by molar-refractivity contribution is 7.07. The second-order valence-electron chi connectivity index (χ2n) is 1.86. The van der Waals surface area contributed by atoms with E-state index in [9.17, 15) is 4.79 Å². The molecule has 9 heavy (non-hydrogen) atoms. The highest BCUT2D eigenvalue weighted by atomic mass is 32.1. The van der Waals surface area contributed by atoms with Crippen molar-refractivity contribution in [2.45, 2.75) is 19.9 Å². The molecule has 0 unspecified atom stereocenters. The molecule has 0 bridgehead atoms. The number of aryl methyl sites for hydroxylation is 1. The van der Waals surface area contributed by atoms with Crippen molar-refractivity contribution < 1.29 is 0 Å². The standard InChI is InChI=1S/C6H9NOS/c1-2-3-7-4-5-9-6(7)8/h4-5H,2-3H2,1H3. The Balaban J connectivity index is 2.81. The van der Waals surface area contributed by atoms with Crippen molar-refractivity contribution in [1.82, 2.24) is 4.57 Å². The van der Waals surface area contributed by atoms with E-state index in [0.29, 0.717) is 0 Å². The summed E-state index contributed by atoms with van der Waals surface area (Å²) in [6.07, 6.45) is 2.85. The predicted octanol–water partition coefficient (Wildman–Crippen LogP) is 1.32. The lowest BCUT2D eigenvalue weighted by Gasteiger charge is -1.92. The van der Waals surface area contributed by atoms with Gasteiger partial charge in [-0.2, -0.15) is 0 Å². The first-order chi connectivity index (χ1) is 4.34. The number of thiazole rings is 1. The van der Waals surface area contributed by atoms with Crippen LogP contribution in [0.25, 0.3) is 0 Å². The summed E-state index contributed by atoms with van der Waals surface area (Å²) in [4.78, 5) is 10.9. The van der Waals surface area contributed by atoms with E-state index < -0.39 is 0 Å². The van der Waals surface area contributed by atoms with Gasteiger partial charge >= 0.3 is 4.87 Å². The van der Waals surface area contributed by atoms with Crippen LogP contribution < -0.4 is 4.87 Å². The second-order valence-corrected chi connectivity index (χ2v) is 2.72. The maximum absolute atomic E-state index is 10.8. The number of aromatic nitrogens is 1. The molecule has 1 rings (SSSR count). The largest absolute Gasteiger partial charge is 0.307 e. The first-order valence-electron chi connectivity index (χ1n) is 2.98. The molecule has 0 spiro atoms. The average Bonchev–Trinajstić information content (AvgIpc) is 2.18. The molecule has 0 N–H and O–H groups in total. The summed E-state index contributed by atoms with van der Waals surface area (Å²) >= 11 is 1.25. The fourth-order valence-corrected chi connectivity index (χ4v) is 1.31. The lowest BCUT2D eigenvalue weighted by atomic mass is 10.5. The molecule has 0 saturated heterocycles. The summed E-state index contributed by atoms with van der Waals surface area (Å²) in [6, 6.07) is 0. The molecule has 0 amide bonds. The molecule has 0 aromatic carbocycles. The zero-order chi connectivity index (χ0) is 6.69. The van der Waals surface area contributed by atoms with Gasteiger partial charge < -0.3 is 4.57 Å². The van der Waals surface area contributed by atoms with Gasteiger partial charge in [-0.05, 0) is 6.42 Å². The van der Waals surface area contributed by atoms with E-state index in [1.165, 1.54) is 11.3 Å². The Morgan fingerprint density at radius 2 is 2.56 bits per heavy atom. The van der Waals surface area contributed by atoms with Crippen molar-refractivity contribution in [3.8, 4) is 0 Å². The summed E-state index contributed by atoms with van der Waals surface area (Å²) in [5.74, 6) is 0. The fourth-order valence-electron chi connectivity index (χ4n) is 0.697. The van der Waals surface area contributed by atoms with Crippen LogP contribution in [-0.2, 0) is 6.54 Å². The Hall–Kier alpha value is -0.570. The van der Waals surface area contributed by atoms with Crippen LogP contribution in [-0.4, -0.2) is 4.57 Å². The van der Waals surface area contributed by atoms with Crippen LogP contribution in [0.15, 0.2) is 16.4 Å². The van der Waals surface area contributed by atoms with Crippen LogP contribution in [0.4, 0.5) is 0 Å². The third-order valence-electron chi connectivity index (χ3n) is 1.11. The fraction of sp³-hybridized carbons (Fsp3) is 0.500. The third kappa shape index (κ3) is 1.42. The summed E-state index contributed by atoms with van der Waals surface area (Å²) in [5.41, 5.74) is 0. The Kier molecular flexibility index (Phi) is 2.05. The lowest BCUT2D eigenvalue weighted by molar-refractivity contribution is 0.669. The molecule has 0 saturated carbocycles. The van der Waals surface area contributed by atoms with Gasteiger partial charge in [0.15, 0.2) is 0 Å². The number of hydrogen-bond donors (Lipinski definition) is 0. The van der Waals surface area contributed by atoms with Gasteiger partial charge in [0.25, 0.3) is 0 Å². The van der Waals surface area contributed by atoms with E-state index in [1.54, 1.807) is 4.57 Å². The average molecular weight is 143 g/mol. The smallest absolute Gasteiger partial charge is 0.306 e. The molecule has 1 aromatic heterocycles. The lowest BCUT2D eigenvalue weighted by Crippen LogP contribution is -2.10. The van der Waals surface area contributed by atoms with Crippen molar-refractivity contribution in [1.29, 1.82) is 0 Å². The van der Waals surface area contributed by atoms with Crippen molar-refractivity contribution in [3.63, 3.8) is 0 Å². The molecule has 1 aromatic rings. The SMILES string of the molecule is CCCn1ccsc1=O. The van der Waals surface area contributed by atoms with Gasteiger partial charge in [-0.25, -0.2) is 0 Å². The van der Waals surface area contributed by atoms with Gasteiger partial charge in [0.1, 0.15) is 0 Å². The van der Waals surface area contributed by atoms with Gasteiger partial charge in [0.2, 0.25) is 0 Å². The van der Waals surface area contributed by atoms with Crippen LogP contribution in [0.5, 0.6) is 0 Å². The van der Waals surface area contributed by atoms with E-state index in [1.807, 2.05) is 11.6 Å². The summed E-state index contributed by atoms with van der Waals surface area (Å²) in [6.45, 7) is 2.91. The van der Waals surface area contributed by atoms with E-state index >= 15 is 0 Å². The zero-order valence-electron chi connectivity index (χ0n) is 5.33. The van der Waals surface area contributed by atoms with Gasteiger partial charge in [0, 0.05) is 18.1 Å². The second kappa shape index (κ2) is 2.82. The Morgan fingerprint density at radius 1 is 1.78 bits per heavy atom. The van der Waals surface area contributed by atoms with E-state index in [-0.39, 0.29) is 4.87 Å². The Morgan fingerprint density at radius 3 is 3.00 bits per heavy atom. The zero-order valence-corrected chi connectivity index (χ0v) is 6.15. The molecule has 0 atom stereocenters. The summed E-state index contributed by atoms with van der Waals surface area (Å²) in [7, 11) is 0. The van der Waals surface area contributed by atoms with E-state index in [0.717, 1.165) is 13.0 Å². The molecule has 0 fully saturated rings. The van der Waals surface area contributed by atoms with Crippen LogP contribution in [0, 0.1) is 0 Å². The highest BCUT2D eigenvalue weighted by Gasteiger charge is 1.91. The minimum Gasteiger partial charge on any atom is -0.306 e. The van der Waals surface area contributed by atoms with Gasteiger partial charge in [-0.1, -0.05) is 18.3 Å². The van der Waals surface area contributed by atoms with Crippen LogP contribution in [0.2, 0.25) is 0 Å². The normalized spacial score (nSPS) is 9.89. The number of nitrogens with zero attached hydrogens (tertiary/aromatic N) is 1. The summed E-state index contributed by atoms with van der Waals surface area (Å²) < 4.78 is 1.73. The minimum absolute atomic E-state index is 0.150. The highest BCUT2D eigenvalue weighted by Crippen LogP contribution is 1.89. The van der Waals surface area contributed by atoms with Gasteiger partial charge in [0.05, 0.1) is 0 Å². The molecule has 1 heterocycles. The first-order valence-corrected chi connectivity index (χ1v) is 3.86. The molecular weight excluding hydrogens is 134 g/mol. The van der Waals surface area contributed by atoms with Crippen molar-refractivity contribution in [2.24, 2.45) is 0 Å².